The lowest BCUT2D eigenvalue weighted by molar-refractivity contribution is 0.414. The fourth-order valence-electron chi connectivity index (χ4n) is 2.06. The molecule has 0 atom stereocenters. The van der Waals surface area contributed by atoms with Gasteiger partial charge < -0.3 is 10.1 Å². The van der Waals surface area contributed by atoms with Gasteiger partial charge in [-0.15, -0.1) is 0 Å². The zero-order valence-corrected chi connectivity index (χ0v) is 11.2. The second-order valence-corrected chi connectivity index (χ2v) is 4.46. The van der Waals surface area contributed by atoms with E-state index in [-0.39, 0.29) is 0 Å². The van der Waals surface area contributed by atoms with E-state index in [1.807, 2.05) is 36.4 Å². The van der Waals surface area contributed by atoms with Crippen molar-refractivity contribution in [1.29, 1.82) is 0 Å². The summed E-state index contributed by atoms with van der Waals surface area (Å²) in [5.74, 6) is 0.869. The van der Waals surface area contributed by atoms with Crippen LogP contribution in [0.15, 0.2) is 54.9 Å². The maximum atomic E-state index is 5.22. The first-order valence-electron chi connectivity index (χ1n) is 6.43. The van der Waals surface area contributed by atoms with Crippen molar-refractivity contribution >= 4 is 16.7 Å². The lowest BCUT2D eigenvalue weighted by Gasteiger charge is -2.08. The van der Waals surface area contributed by atoms with Crippen molar-refractivity contribution in [2.24, 2.45) is 0 Å². The number of anilines is 1. The fourth-order valence-corrected chi connectivity index (χ4v) is 2.06. The molecule has 0 saturated carbocycles. The Morgan fingerprint density at radius 2 is 1.85 bits per heavy atom. The summed E-state index contributed by atoms with van der Waals surface area (Å²) < 4.78 is 5.22. The lowest BCUT2D eigenvalue weighted by atomic mass is 10.2. The Kier molecular flexibility index (Phi) is 3.46. The molecule has 20 heavy (non-hydrogen) atoms. The molecule has 100 valence electrons. The first-order valence-corrected chi connectivity index (χ1v) is 6.43. The van der Waals surface area contributed by atoms with Crippen LogP contribution in [0.4, 0.5) is 5.69 Å². The zero-order chi connectivity index (χ0) is 13.8. The molecule has 0 aliphatic heterocycles. The molecule has 0 aliphatic rings. The number of fused-ring (bicyclic) bond motifs is 1. The number of methoxy groups -OCH3 is 1. The van der Waals surface area contributed by atoms with E-state index in [1.54, 1.807) is 19.5 Å². The molecular weight excluding hydrogens is 250 g/mol. The van der Waals surface area contributed by atoms with Crippen molar-refractivity contribution in [2.45, 2.75) is 6.54 Å². The van der Waals surface area contributed by atoms with E-state index in [9.17, 15) is 0 Å². The third kappa shape index (κ3) is 2.69. The number of benzene rings is 2. The minimum absolute atomic E-state index is 0.739. The molecule has 0 unspecified atom stereocenters. The summed E-state index contributed by atoms with van der Waals surface area (Å²) >= 11 is 0. The van der Waals surface area contributed by atoms with Crippen molar-refractivity contribution in [2.75, 3.05) is 12.4 Å². The van der Waals surface area contributed by atoms with Crippen LogP contribution in [-0.2, 0) is 6.54 Å². The molecule has 0 bridgehead atoms. The summed E-state index contributed by atoms with van der Waals surface area (Å²) in [6.45, 7) is 0.739. The van der Waals surface area contributed by atoms with Crippen LogP contribution < -0.4 is 10.1 Å². The molecule has 4 heteroatoms. The standard InChI is InChI=1S/C16H15N3O/c1-20-14-4-2-3-12(9-14)11-19-13-5-6-15-16(10-13)18-8-7-17-15/h2-10,19H,11H2,1H3. The third-order valence-corrected chi connectivity index (χ3v) is 3.10. The molecule has 4 nitrogen and oxygen atoms in total. The van der Waals surface area contributed by atoms with Crippen molar-refractivity contribution in [1.82, 2.24) is 9.97 Å². The maximum absolute atomic E-state index is 5.22. The maximum Gasteiger partial charge on any atom is 0.119 e. The van der Waals surface area contributed by atoms with Crippen molar-refractivity contribution < 1.29 is 4.74 Å². The second kappa shape index (κ2) is 5.57. The van der Waals surface area contributed by atoms with Gasteiger partial charge in [0.15, 0.2) is 0 Å². The largest absolute Gasteiger partial charge is 0.497 e. The summed E-state index contributed by atoms with van der Waals surface area (Å²) in [4.78, 5) is 8.56. The molecule has 1 heterocycles. The topological polar surface area (TPSA) is 47.0 Å². The molecule has 1 N–H and O–H groups in total. The Bertz CT molecular complexity index is 727. The van der Waals surface area contributed by atoms with E-state index in [2.05, 4.69) is 21.4 Å². The monoisotopic (exact) mass is 265 g/mol. The van der Waals surface area contributed by atoms with Gasteiger partial charge >= 0.3 is 0 Å². The average Bonchev–Trinajstić information content (AvgIpc) is 2.53. The zero-order valence-electron chi connectivity index (χ0n) is 11.2. The summed E-state index contributed by atoms with van der Waals surface area (Å²) in [6.07, 6.45) is 3.40. The quantitative estimate of drug-likeness (QED) is 0.786. The SMILES string of the molecule is COc1cccc(CNc2ccc3nccnc3c2)c1. The first-order chi connectivity index (χ1) is 9.85. The Hall–Kier alpha value is -2.62. The van der Waals surface area contributed by atoms with E-state index < -0.39 is 0 Å². The van der Waals surface area contributed by atoms with Crippen molar-refractivity contribution in [3.63, 3.8) is 0 Å². The number of hydrogen-bond acceptors (Lipinski definition) is 4. The molecular formula is C16H15N3O. The predicted octanol–water partition coefficient (Wildman–Crippen LogP) is 3.25. The van der Waals surface area contributed by atoms with Crippen LogP contribution in [0.3, 0.4) is 0 Å². The molecule has 0 saturated heterocycles. The Morgan fingerprint density at radius 3 is 2.70 bits per heavy atom. The third-order valence-electron chi connectivity index (χ3n) is 3.10. The van der Waals surface area contributed by atoms with Gasteiger partial charge in [-0.1, -0.05) is 12.1 Å². The van der Waals surface area contributed by atoms with Gasteiger partial charge in [-0.2, -0.15) is 0 Å². The Morgan fingerprint density at radius 1 is 1.00 bits per heavy atom. The lowest BCUT2D eigenvalue weighted by Crippen LogP contribution is -1.99. The first kappa shape index (κ1) is 12.4. The number of ether oxygens (including phenoxy) is 1. The van der Waals surface area contributed by atoms with Crippen LogP contribution in [0.1, 0.15) is 5.56 Å². The van der Waals surface area contributed by atoms with Crippen LogP contribution in [0.25, 0.3) is 11.0 Å². The van der Waals surface area contributed by atoms with Gasteiger partial charge in [0, 0.05) is 24.6 Å². The minimum atomic E-state index is 0.739. The van der Waals surface area contributed by atoms with E-state index in [0.29, 0.717) is 0 Å². The van der Waals surface area contributed by atoms with Crippen LogP contribution in [-0.4, -0.2) is 17.1 Å². The van der Waals surface area contributed by atoms with E-state index in [4.69, 9.17) is 4.74 Å². The summed E-state index contributed by atoms with van der Waals surface area (Å²) in [7, 11) is 1.68. The van der Waals surface area contributed by atoms with Gasteiger partial charge in [-0.3, -0.25) is 9.97 Å². The number of nitrogens with one attached hydrogen (secondary N) is 1. The fraction of sp³-hybridized carbons (Fsp3) is 0.125. The van der Waals surface area contributed by atoms with Crippen LogP contribution in [0.2, 0.25) is 0 Å². The molecule has 2 aromatic carbocycles. The minimum Gasteiger partial charge on any atom is -0.497 e. The summed E-state index contributed by atoms with van der Waals surface area (Å²) in [5.41, 5.74) is 3.99. The molecule has 3 rings (SSSR count). The molecule has 0 fully saturated rings. The highest BCUT2D eigenvalue weighted by molar-refractivity contribution is 5.78. The van der Waals surface area contributed by atoms with Gasteiger partial charge in [-0.05, 0) is 35.9 Å². The summed E-state index contributed by atoms with van der Waals surface area (Å²) in [6, 6.07) is 14.0. The van der Waals surface area contributed by atoms with E-state index in [0.717, 1.165) is 29.0 Å². The van der Waals surface area contributed by atoms with E-state index >= 15 is 0 Å². The Labute approximate surface area is 117 Å². The van der Waals surface area contributed by atoms with Crippen LogP contribution >= 0.6 is 0 Å². The number of rotatable bonds is 4. The van der Waals surface area contributed by atoms with Crippen molar-refractivity contribution in [3.8, 4) is 5.75 Å². The number of aromatic nitrogens is 2. The van der Waals surface area contributed by atoms with Crippen LogP contribution in [0, 0.1) is 0 Å². The summed E-state index contributed by atoms with van der Waals surface area (Å²) in [5, 5.41) is 3.38. The smallest absolute Gasteiger partial charge is 0.119 e. The average molecular weight is 265 g/mol. The second-order valence-electron chi connectivity index (χ2n) is 4.46. The Balaban J connectivity index is 1.76. The highest BCUT2D eigenvalue weighted by Crippen LogP contribution is 2.17. The van der Waals surface area contributed by atoms with Gasteiger partial charge in [0.25, 0.3) is 0 Å². The normalized spacial score (nSPS) is 10.4. The van der Waals surface area contributed by atoms with Gasteiger partial charge in [0.2, 0.25) is 0 Å². The molecule has 0 aliphatic carbocycles. The molecule has 0 spiro atoms. The number of hydrogen-bond donors (Lipinski definition) is 1. The number of nitrogens with zero attached hydrogens (tertiary/aromatic N) is 2. The molecule has 1 aromatic heterocycles. The van der Waals surface area contributed by atoms with Crippen molar-refractivity contribution in [3.05, 3.63) is 60.4 Å². The predicted molar refractivity (Wildman–Crippen MR) is 79.9 cm³/mol. The highest BCUT2D eigenvalue weighted by atomic mass is 16.5. The van der Waals surface area contributed by atoms with E-state index in [1.165, 1.54) is 5.56 Å². The van der Waals surface area contributed by atoms with Gasteiger partial charge in [0.05, 0.1) is 18.1 Å². The van der Waals surface area contributed by atoms with Gasteiger partial charge in [-0.25, -0.2) is 0 Å². The molecule has 3 aromatic rings. The highest BCUT2D eigenvalue weighted by Gasteiger charge is 1.99. The van der Waals surface area contributed by atoms with Gasteiger partial charge in [0.1, 0.15) is 5.75 Å². The molecule has 0 radical (unpaired) electrons. The molecule has 0 amide bonds. The van der Waals surface area contributed by atoms with Crippen LogP contribution in [0.5, 0.6) is 5.75 Å².